The van der Waals surface area contributed by atoms with Gasteiger partial charge in [0.1, 0.15) is 0 Å². The minimum absolute atomic E-state index is 0.0412. The molecule has 1 unspecified atom stereocenters. The van der Waals surface area contributed by atoms with E-state index in [1.807, 2.05) is 0 Å². The van der Waals surface area contributed by atoms with Crippen LogP contribution in [-0.4, -0.2) is 29.7 Å². The van der Waals surface area contributed by atoms with Crippen molar-refractivity contribution in [3.05, 3.63) is 34.6 Å². The molecule has 1 N–H and O–H groups in total. The lowest BCUT2D eigenvalue weighted by Gasteiger charge is -2.19. The van der Waals surface area contributed by atoms with E-state index < -0.39 is 47.3 Å². The first-order valence-corrected chi connectivity index (χ1v) is 5.12. The summed E-state index contributed by atoms with van der Waals surface area (Å²) in [5, 5.41) is 9.06. The number of nitrogens with zero attached hydrogens (tertiary/aromatic N) is 1. The molecule has 0 bridgehead atoms. The molecule has 0 fully saturated rings. The van der Waals surface area contributed by atoms with Gasteiger partial charge in [-0.2, -0.15) is 0 Å². The van der Waals surface area contributed by atoms with Gasteiger partial charge in [0.25, 0.3) is 0 Å². The monoisotopic (exact) mass is 269 g/mol. The Labute approximate surface area is 101 Å². The van der Waals surface area contributed by atoms with Crippen molar-refractivity contribution in [3.8, 4) is 0 Å². The van der Waals surface area contributed by atoms with Gasteiger partial charge in [-0.1, -0.05) is 0 Å². The van der Waals surface area contributed by atoms with Gasteiger partial charge in [-0.25, -0.2) is 22.0 Å². The normalized spacial score (nSPS) is 13.2. The largest absolute Gasteiger partial charge is 0.392 e. The molecular formula is C11H12F5NO. The van der Waals surface area contributed by atoms with Crippen LogP contribution in [0.4, 0.5) is 22.0 Å². The molecule has 0 aliphatic rings. The van der Waals surface area contributed by atoms with Crippen molar-refractivity contribution >= 4 is 0 Å². The van der Waals surface area contributed by atoms with Crippen LogP contribution in [0.5, 0.6) is 0 Å². The fraction of sp³-hybridized carbons (Fsp3) is 0.455. The van der Waals surface area contributed by atoms with E-state index in [1.54, 1.807) is 0 Å². The van der Waals surface area contributed by atoms with Crippen LogP contribution < -0.4 is 0 Å². The highest BCUT2D eigenvalue weighted by atomic mass is 19.2. The molecule has 0 saturated carbocycles. The molecule has 1 aromatic rings. The van der Waals surface area contributed by atoms with Crippen molar-refractivity contribution in [2.45, 2.75) is 19.6 Å². The minimum atomic E-state index is -2.17. The Kier molecular flexibility index (Phi) is 4.64. The second kappa shape index (κ2) is 5.62. The van der Waals surface area contributed by atoms with Crippen molar-refractivity contribution in [2.75, 3.05) is 13.6 Å². The minimum Gasteiger partial charge on any atom is -0.392 e. The number of halogens is 5. The highest BCUT2D eigenvalue weighted by molar-refractivity contribution is 5.24. The third-order valence-electron chi connectivity index (χ3n) is 2.30. The maximum absolute atomic E-state index is 13.3. The van der Waals surface area contributed by atoms with Crippen LogP contribution in [0.25, 0.3) is 0 Å². The van der Waals surface area contributed by atoms with Crippen molar-refractivity contribution < 1.29 is 27.1 Å². The molecule has 102 valence electrons. The Balaban J connectivity index is 3.10. The lowest BCUT2D eigenvalue weighted by atomic mass is 10.1. The maximum Gasteiger partial charge on any atom is 0.200 e. The summed E-state index contributed by atoms with van der Waals surface area (Å²) >= 11 is 0. The van der Waals surface area contributed by atoms with Crippen LogP contribution in [-0.2, 0) is 6.54 Å². The Hall–Kier alpha value is -1.21. The molecule has 1 atom stereocenters. The molecule has 2 nitrogen and oxygen atoms in total. The number of hydrogen-bond acceptors (Lipinski definition) is 2. The fourth-order valence-corrected chi connectivity index (χ4v) is 1.57. The number of aliphatic hydroxyl groups excluding tert-OH is 1. The standard InChI is InChI=1S/C11H12F5NO/c1-5(18)3-17(2)4-6-7(12)9(14)11(16)10(15)8(6)13/h5,18H,3-4H2,1-2H3. The van der Waals surface area contributed by atoms with E-state index in [1.165, 1.54) is 18.9 Å². The molecule has 0 aliphatic heterocycles. The molecule has 1 aromatic carbocycles. The number of benzene rings is 1. The van der Waals surface area contributed by atoms with Crippen LogP contribution in [0.1, 0.15) is 12.5 Å². The van der Waals surface area contributed by atoms with E-state index in [2.05, 4.69) is 0 Å². The summed E-state index contributed by atoms with van der Waals surface area (Å²) in [5.74, 6) is -9.79. The summed E-state index contributed by atoms with van der Waals surface area (Å²) in [5.41, 5.74) is -0.908. The van der Waals surface area contributed by atoms with Gasteiger partial charge in [0.2, 0.25) is 5.82 Å². The average Bonchev–Trinajstić information content (AvgIpc) is 2.29. The molecule has 0 spiro atoms. The summed E-state index contributed by atoms with van der Waals surface area (Å²) in [6, 6.07) is 0. The third kappa shape index (κ3) is 2.97. The zero-order chi connectivity index (χ0) is 14.0. The van der Waals surface area contributed by atoms with Crippen LogP contribution in [0.3, 0.4) is 0 Å². The van der Waals surface area contributed by atoms with Gasteiger partial charge in [0, 0.05) is 18.7 Å². The molecule has 18 heavy (non-hydrogen) atoms. The van der Waals surface area contributed by atoms with Gasteiger partial charge in [0.15, 0.2) is 23.3 Å². The SMILES string of the molecule is CC(O)CN(C)Cc1c(F)c(F)c(F)c(F)c1F. The van der Waals surface area contributed by atoms with E-state index in [0.29, 0.717) is 0 Å². The zero-order valence-corrected chi connectivity index (χ0v) is 9.78. The van der Waals surface area contributed by atoms with Gasteiger partial charge in [-0.05, 0) is 14.0 Å². The third-order valence-corrected chi connectivity index (χ3v) is 2.30. The van der Waals surface area contributed by atoms with Crippen molar-refractivity contribution in [2.24, 2.45) is 0 Å². The fourth-order valence-electron chi connectivity index (χ4n) is 1.57. The first kappa shape index (κ1) is 14.8. The highest BCUT2D eigenvalue weighted by Crippen LogP contribution is 2.23. The molecule has 1 rings (SSSR count). The number of likely N-dealkylation sites (N-methyl/N-ethyl adjacent to an activating group) is 1. The average molecular weight is 269 g/mol. The Morgan fingerprint density at radius 3 is 1.72 bits per heavy atom. The predicted octanol–water partition coefficient (Wildman–Crippen LogP) is 2.19. The number of rotatable bonds is 4. The summed E-state index contributed by atoms with van der Waals surface area (Å²) in [4.78, 5) is 1.25. The van der Waals surface area contributed by atoms with E-state index in [4.69, 9.17) is 5.11 Å². The first-order chi connectivity index (χ1) is 8.25. The van der Waals surface area contributed by atoms with Crippen LogP contribution in [0, 0.1) is 29.1 Å². The first-order valence-electron chi connectivity index (χ1n) is 5.12. The Morgan fingerprint density at radius 2 is 1.33 bits per heavy atom. The zero-order valence-electron chi connectivity index (χ0n) is 9.78. The Bertz CT molecular complexity index is 421. The van der Waals surface area contributed by atoms with E-state index in [9.17, 15) is 22.0 Å². The van der Waals surface area contributed by atoms with Crippen LogP contribution in [0.2, 0.25) is 0 Å². The number of hydrogen-bond donors (Lipinski definition) is 1. The summed E-state index contributed by atoms with van der Waals surface area (Å²) < 4.78 is 65.1. The van der Waals surface area contributed by atoms with Crippen molar-refractivity contribution in [3.63, 3.8) is 0 Å². The van der Waals surface area contributed by atoms with Crippen molar-refractivity contribution in [1.82, 2.24) is 4.90 Å². The van der Waals surface area contributed by atoms with Gasteiger partial charge >= 0.3 is 0 Å². The van der Waals surface area contributed by atoms with Gasteiger partial charge in [-0.3, -0.25) is 4.90 Å². The van der Waals surface area contributed by atoms with E-state index >= 15 is 0 Å². The topological polar surface area (TPSA) is 23.5 Å². The molecule has 7 heteroatoms. The van der Waals surface area contributed by atoms with Gasteiger partial charge < -0.3 is 5.11 Å². The maximum atomic E-state index is 13.3. The van der Waals surface area contributed by atoms with E-state index in [0.717, 1.165) is 0 Å². The highest BCUT2D eigenvalue weighted by Gasteiger charge is 2.26. The predicted molar refractivity (Wildman–Crippen MR) is 54.2 cm³/mol. The second-order valence-electron chi connectivity index (χ2n) is 4.09. The molecule has 0 aromatic heterocycles. The molecule has 0 saturated heterocycles. The lowest BCUT2D eigenvalue weighted by molar-refractivity contribution is 0.136. The molecular weight excluding hydrogens is 257 g/mol. The number of aliphatic hydroxyl groups is 1. The summed E-state index contributed by atoms with van der Waals surface area (Å²) in [6.07, 6.45) is -0.781. The van der Waals surface area contributed by atoms with Crippen LogP contribution >= 0.6 is 0 Å². The molecule has 0 heterocycles. The molecule has 0 aliphatic carbocycles. The van der Waals surface area contributed by atoms with E-state index in [-0.39, 0.29) is 6.54 Å². The lowest BCUT2D eigenvalue weighted by Crippen LogP contribution is -2.28. The molecule has 0 amide bonds. The Morgan fingerprint density at radius 1 is 0.944 bits per heavy atom. The second-order valence-corrected chi connectivity index (χ2v) is 4.09. The molecule has 0 radical (unpaired) electrons. The van der Waals surface area contributed by atoms with Crippen molar-refractivity contribution in [1.29, 1.82) is 0 Å². The van der Waals surface area contributed by atoms with Crippen LogP contribution in [0.15, 0.2) is 0 Å². The van der Waals surface area contributed by atoms with Gasteiger partial charge in [0.05, 0.1) is 6.10 Å². The smallest absolute Gasteiger partial charge is 0.200 e. The summed E-state index contributed by atoms with van der Waals surface area (Å²) in [7, 11) is 1.39. The van der Waals surface area contributed by atoms with Gasteiger partial charge in [-0.15, -0.1) is 0 Å². The quantitative estimate of drug-likeness (QED) is 0.514. The summed E-state index contributed by atoms with van der Waals surface area (Å²) in [6.45, 7) is 0.991.